The van der Waals surface area contributed by atoms with Crippen molar-refractivity contribution in [1.82, 2.24) is 0 Å². The van der Waals surface area contributed by atoms with Crippen molar-refractivity contribution >= 4 is 11.9 Å². The van der Waals surface area contributed by atoms with Gasteiger partial charge in [-0.15, -0.1) is 0 Å². The Balaban J connectivity index is 2.95. The average Bonchev–Trinajstić information content (AvgIpc) is 2.18. The van der Waals surface area contributed by atoms with Gasteiger partial charge in [-0.25, -0.2) is 4.79 Å². The van der Waals surface area contributed by atoms with E-state index >= 15 is 0 Å². The Morgan fingerprint density at radius 3 is 2.60 bits per heavy atom. The van der Waals surface area contributed by atoms with Crippen LogP contribution in [0.3, 0.4) is 0 Å². The fourth-order valence-corrected chi connectivity index (χ4v) is 1.05. The van der Waals surface area contributed by atoms with Gasteiger partial charge in [-0.1, -0.05) is 12.1 Å². The summed E-state index contributed by atoms with van der Waals surface area (Å²) in [5.41, 5.74) is 0.219. The SMILES string of the molecule is [CH2]COC(=O)c1ccccc1OC(C)=O. The number of hydrogen-bond acceptors (Lipinski definition) is 4. The topological polar surface area (TPSA) is 52.6 Å². The highest BCUT2D eigenvalue weighted by molar-refractivity contribution is 5.93. The molecule has 0 N–H and O–H groups in total. The fourth-order valence-electron chi connectivity index (χ4n) is 1.05. The molecule has 0 fully saturated rings. The number of carbonyl (C=O) groups is 2. The predicted octanol–water partition coefficient (Wildman–Crippen LogP) is 1.60. The molecule has 0 aromatic heterocycles. The van der Waals surface area contributed by atoms with E-state index in [1.54, 1.807) is 12.1 Å². The van der Waals surface area contributed by atoms with Gasteiger partial charge in [-0.2, -0.15) is 0 Å². The van der Waals surface area contributed by atoms with Crippen LogP contribution in [-0.2, 0) is 9.53 Å². The van der Waals surface area contributed by atoms with Crippen LogP contribution < -0.4 is 4.74 Å². The van der Waals surface area contributed by atoms with Crippen molar-refractivity contribution in [2.75, 3.05) is 6.61 Å². The van der Waals surface area contributed by atoms with E-state index < -0.39 is 11.9 Å². The van der Waals surface area contributed by atoms with Gasteiger partial charge in [0.15, 0.2) is 0 Å². The number of esters is 2. The molecule has 1 radical (unpaired) electrons. The Morgan fingerprint density at radius 2 is 2.00 bits per heavy atom. The summed E-state index contributed by atoms with van der Waals surface area (Å²) in [7, 11) is 0. The van der Waals surface area contributed by atoms with Crippen molar-refractivity contribution < 1.29 is 19.1 Å². The van der Waals surface area contributed by atoms with Gasteiger partial charge in [0.25, 0.3) is 0 Å². The van der Waals surface area contributed by atoms with E-state index in [1.165, 1.54) is 19.1 Å². The molecule has 0 aliphatic carbocycles. The van der Waals surface area contributed by atoms with Gasteiger partial charge in [-0.3, -0.25) is 4.79 Å². The maximum Gasteiger partial charge on any atom is 0.341 e. The third-order valence-electron chi connectivity index (χ3n) is 1.59. The molecule has 0 unspecified atom stereocenters. The molecule has 0 heterocycles. The first-order valence-corrected chi connectivity index (χ1v) is 4.39. The Bertz CT molecular complexity index is 371. The molecule has 15 heavy (non-hydrogen) atoms. The average molecular weight is 207 g/mol. The molecule has 0 aliphatic heterocycles. The second kappa shape index (κ2) is 5.14. The van der Waals surface area contributed by atoms with E-state index in [0.717, 1.165) is 0 Å². The van der Waals surface area contributed by atoms with Crippen LogP contribution in [0.15, 0.2) is 24.3 Å². The van der Waals surface area contributed by atoms with Crippen LogP contribution in [-0.4, -0.2) is 18.5 Å². The van der Waals surface area contributed by atoms with Gasteiger partial charge in [0.05, 0.1) is 6.61 Å². The first-order chi connectivity index (χ1) is 7.15. The van der Waals surface area contributed by atoms with Gasteiger partial charge < -0.3 is 9.47 Å². The molecule has 0 atom stereocenters. The summed E-state index contributed by atoms with van der Waals surface area (Å²) in [5, 5.41) is 0. The third-order valence-corrected chi connectivity index (χ3v) is 1.59. The maximum absolute atomic E-state index is 11.4. The summed E-state index contributed by atoms with van der Waals surface area (Å²) in [6, 6.07) is 6.38. The minimum atomic E-state index is -0.554. The molecule has 1 aromatic carbocycles. The zero-order valence-electron chi connectivity index (χ0n) is 8.36. The van der Waals surface area contributed by atoms with Crippen molar-refractivity contribution in [3.05, 3.63) is 36.8 Å². The molecule has 0 amide bonds. The zero-order valence-corrected chi connectivity index (χ0v) is 8.36. The lowest BCUT2D eigenvalue weighted by molar-refractivity contribution is -0.131. The lowest BCUT2D eigenvalue weighted by Gasteiger charge is -2.07. The summed E-state index contributed by atoms with van der Waals surface area (Å²) < 4.78 is 9.56. The van der Waals surface area contributed by atoms with Crippen molar-refractivity contribution in [2.24, 2.45) is 0 Å². The monoisotopic (exact) mass is 207 g/mol. The second-order valence-electron chi connectivity index (χ2n) is 2.73. The van der Waals surface area contributed by atoms with Gasteiger partial charge in [0.1, 0.15) is 11.3 Å². The van der Waals surface area contributed by atoms with Crippen LogP contribution >= 0.6 is 0 Å². The molecular weight excluding hydrogens is 196 g/mol. The van der Waals surface area contributed by atoms with Crippen LogP contribution in [0.4, 0.5) is 0 Å². The van der Waals surface area contributed by atoms with Gasteiger partial charge in [-0.05, 0) is 19.1 Å². The Kier molecular flexibility index (Phi) is 3.85. The molecule has 4 nitrogen and oxygen atoms in total. The summed E-state index contributed by atoms with van der Waals surface area (Å²) in [5.74, 6) is -0.838. The molecule has 0 aliphatic rings. The lowest BCUT2D eigenvalue weighted by Crippen LogP contribution is -2.10. The minimum absolute atomic E-state index is 0.0350. The van der Waals surface area contributed by atoms with Gasteiger partial charge in [0.2, 0.25) is 0 Å². The molecule has 0 bridgehead atoms. The molecular formula is C11H11O4. The summed E-state index contributed by atoms with van der Waals surface area (Å²) in [6.45, 7) is 4.69. The number of hydrogen-bond donors (Lipinski definition) is 0. The number of rotatable bonds is 3. The number of benzene rings is 1. The molecule has 1 rings (SSSR count). The normalized spacial score (nSPS) is 9.47. The quantitative estimate of drug-likeness (QED) is 0.558. The van der Waals surface area contributed by atoms with E-state index in [-0.39, 0.29) is 17.9 Å². The number of carbonyl (C=O) groups excluding carboxylic acids is 2. The molecule has 0 saturated carbocycles. The Morgan fingerprint density at radius 1 is 1.33 bits per heavy atom. The Hall–Kier alpha value is -1.84. The van der Waals surface area contributed by atoms with Crippen LogP contribution in [0.5, 0.6) is 5.75 Å². The van der Waals surface area contributed by atoms with E-state index in [0.29, 0.717) is 0 Å². The van der Waals surface area contributed by atoms with E-state index in [4.69, 9.17) is 9.47 Å². The number of ether oxygens (including phenoxy) is 2. The Labute approximate surface area is 87.8 Å². The zero-order chi connectivity index (χ0) is 11.3. The fraction of sp³-hybridized carbons (Fsp3) is 0.182. The van der Waals surface area contributed by atoms with Crippen molar-refractivity contribution in [1.29, 1.82) is 0 Å². The number of para-hydroxylation sites is 1. The van der Waals surface area contributed by atoms with E-state index in [1.807, 2.05) is 0 Å². The van der Waals surface area contributed by atoms with Gasteiger partial charge >= 0.3 is 11.9 Å². The molecule has 0 saturated heterocycles. The molecule has 4 heteroatoms. The molecule has 0 spiro atoms. The van der Waals surface area contributed by atoms with Crippen molar-refractivity contribution in [3.8, 4) is 5.75 Å². The van der Waals surface area contributed by atoms with Crippen molar-refractivity contribution in [2.45, 2.75) is 6.92 Å². The first kappa shape index (κ1) is 11.2. The highest BCUT2D eigenvalue weighted by Gasteiger charge is 2.13. The second-order valence-corrected chi connectivity index (χ2v) is 2.73. The predicted molar refractivity (Wildman–Crippen MR) is 53.4 cm³/mol. The lowest BCUT2D eigenvalue weighted by atomic mass is 10.2. The highest BCUT2D eigenvalue weighted by Crippen LogP contribution is 2.18. The summed E-state index contributed by atoms with van der Waals surface area (Å²) >= 11 is 0. The van der Waals surface area contributed by atoms with Crippen molar-refractivity contribution in [3.63, 3.8) is 0 Å². The maximum atomic E-state index is 11.4. The summed E-state index contributed by atoms with van der Waals surface area (Å²) in [4.78, 5) is 22.2. The van der Waals surface area contributed by atoms with Crippen LogP contribution in [0.25, 0.3) is 0 Å². The van der Waals surface area contributed by atoms with E-state index in [9.17, 15) is 9.59 Å². The molecule has 1 aromatic rings. The molecule has 79 valence electrons. The van der Waals surface area contributed by atoms with Crippen LogP contribution in [0.1, 0.15) is 17.3 Å². The minimum Gasteiger partial charge on any atom is -0.462 e. The largest absolute Gasteiger partial charge is 0.462 e. The summed E-state index contributed by atoms with van der Waals surface area (Å²) in [6.07, 6.45) is 0. The van der Waals surface area contributed by atoms with Crippen LogP contribution in [0, 0.1) is 6.92 Å². The van der Waals surface area contributed by atoms with Gasteiger partial charge in [0, 0.05) is 6.92 Å². The third kappa shape index (κ3) is 3.09. The smallest absolute Gasteiger partial charge is 0.341 e. The van der Waals surface area contributed by atoms with Crippen LogP contribution in [0.2, 0.25) is 0 Å². The standard InChI is InChI=1S/C11H11O4/c1-3-14-11(13)9-6-4-5-7-10(9)15-8(2)12/h4-7H,1,3H2,2H3. The van der Waals surface area contributed by atoms with E-state index in [2.05, 4.69) is 6.92 Å². The first-order valence-electron chi connectivity index (χ1n) is 4.39. The highest BCUT2D eigenvalue weighted by atomic mass is 16.5.